The number of benzene rings is 2. The third kappa shape index (κ3) is 6.80. The number of hydrogen-bond acceptors (Lipinski definition) is 4. The van der Waals surface area contributed by atoms with E-state index in [-0.39, 0.29) is 37.3 Å². The fraction of sp³-hybridized carbons (Fsp3) is 0.263. The number of hydrogen-bond donors (Lipinski definition) is 2. The molecule has 2 N–H and O–H groups in total. The molecule has 0 radical (unpaired) electrons. The average Bonchev–Trinajstić information content (AvgIpc) is 2.63. The Bertz CT molecular complexity index is 717. The first-order valence-electron chi connectivity index (χ1n) is 8.24. The van der Waals surface area contributed by atoms with E-state index in [9.17, 15) is 14.0 Å². The molecule has 2 amide bonds. The molecule has 2 rings (SSSR count). The standard InChI is InChI=1S/C19H21FN2O4/c1-2-21-19(24)13-26-17-9-5-15(6-10-17)22-18(23)11-12-25-16-7-3-14(20)4-8-16/h3-10H,2,11-13H2,1H3,(H,21,24)(H,22,23). The van der Waals surface area contributed by atoms with Crippen molar-refractivity contribution in [1.82, 2.24) is 5.32 Å². The maximum atomic E-state index is 12.8. The van der Waals surface area contributed by atoms with Crippen LogP contribution in [0.4, 0.5) is 10.1 Å². The molecule has 138 valence electrons. The SMILES string of the molecule is CCNC(=O)COc1ccc(NC(=O)CCOc2ccc(F)cc2)cc1. The normalized spacial score (nSPS) is 10.1. The smallest absolute Gasteiger partial charge is 0.257 e. The Morgan fingerprint density at radius 1 is 0.923 bits per heavy atom. The van der Waals surface area contributed by atoms with E-state index >= 15 is 0 Å². The van der Waals surface area contributed by atoms with Crippen molar-refractivity contribution < 1.29 is 23.5 Å². The molecule has 26 heavy (non-hydrogen) atoms. The number of anilines is 1. The third-order valence-corrected chi connectivity index (χ3v) is 3.29. The first kappa shape index (κ1) is 19.2. The Morgan fingerprint density at radius 2 is 1.54 bits per heavy atom. The molecule has 2 aromatic carbocycles. The molecule has 7 heteroatoms. The van der Waals surface area contributed by atoms with Gasteiger partial charge in [0, 0.05) is 12.2 Å². The van der Waals surface area contributed by atoms with Gasteiger partial charge in [0.2, 0.25) is 5.91 Å². The van der Waals surface area contributed by atoms with Gasteiger partial charge in [-0.3, -0.25) is 9.59 Å². The van der Waals surface area contributed by atoms with Crippen molar-refractivity contribution in [2.45, 2.75) is 13.3 Å². The van der Waals surface area contributed by atoms with Gasteiger partial charge in [0.25, 0.3) is 5.91 Å². The second kappa shape index (κ2) is 10.0. The number of halogens is 1. The Labute approximate surface area is 151 Å². The van der Waals surface area contributed by atoms with Crippen LogP contribution in [0.3, 0.4) is 0 Å². The van der Waals surface area contributed by atoms with Crippen molar-refractivity contribution in [3.05, 3.63) is 54.3 Å². The zero-order chi connectivity index (χ0) is 18.8. The van der Waals surface area contributed by atoms with Crippen LogP contribution in [0.1, 0.15) is 13.3 Å². The molecule has 0 aliphatic heterocycles. The second-order valence-corrected chi connectivity index (χ2v) is 5.37. The summed E-state index contributed by atoms with van der Waals surface area (Å²) in [6.45, 7) is 2.52. The van der Waals surface area contributed by atoms with Crippen LogP contribution in [0.15, 0.2) is 48.5 Å². The summed E-state index contributed by atoms with van der Waals surface area (Å²) in [4.78, 5) is 23.2. The van der Waals surface area contributed by atoms with Gasteiger partial charge in [0.15, 0.2) is 6.61 Å². The molecule has 0 aromatic heterocycles. The van der Waals surface area contributed by atoms with E-state index in [0.717, 1.165) is 0 Å². The van der Waals surface area contributed by atoms with Crippen LogP contribution >= 0.6 is 0 Å². The van der Waals surface area contributed by atoms with Crippen molar-refractivity contribution in [2.75, 3.05) is 25.1 Å². The highest BCUT2D eigenvalue weighted by Crippen LogP contribution is 2.16. The lowest BCUT2D eigenvalue weighted by atomic mass is 10.3. The summed E-state index contributed by atoms with van der Waals surface area (Å²) < 4.78 is 23.5. The van der Waals surface area contributed by atoms with Crippen LogP contribution in [-0.2, 0) is 9.59 Å². The number of rotatable bonds is 9. The zero-order valence-electron chi connectivity index (χ0n) is 14.5. The lowest BCUT2D eigenvalue weighted by Crippen LogP contribution is -2.28. The van der Waals surface area contributed by atoms with E-state index in [1.54, 1.807) is 24.3 Å². The van der Waals surface area contributed by atoms with E-state index in [1.807, 2.05) is 6.92 Å². The van der Waals surface area contributed by atoms with Crippen LogP contribution in [-0.4, -0.2) is 31.6 Å². The Hall–Kier alpha value is -3.09. The van der Waals surface area contributed by atoms with Crippen LogP contribution in [0.25, 0.3) is 0 Å². The van der Waals surface area contributed by atoms with Gasteiger partial charge in [0.1, 0.15) is 17.3 Å². The predicted molar refractivity (Wildman–Crippen MR) is 95.8 cm³/mol. The first-order valence-corrected chi connectivity index (χ1v) is 8.24. The molecule has 0 unspecified atom stereocenters. The van der Waals surface area contributed by atoms with Gasteiger partial charge in [-0.15, -0.1) is 0 Å². The molecule has 0 heterocycles. The topological polar surface area (TPSA) is 76.7 Å². The van der Waals surface area contributed by atoms with Gasteiger partial charge >= 0.3 is 0 Å². The van der Waals surface area contributed by atoms with E-state index in [1.165, 1.54) is 24.3 Å². The summed E-state index contributed by atoms with van der Waals surface area (Å²) >= 11 is 0. The Kier molecular flexibility index (Phi) is 7.42. The molecule has 0 aliphatic rings. The first-order chi connectivity index (χ1) is 12.6. The molecule has 0 saturated carbocycles. The molecule has 2 aromatic rings. The monoisotopic (exact) mass is 360 g/mol. The van der Waals surface area contributed by atoms with Crippen molar-refractivity contribution in [3.63, 3.8) is 0 Å². The highest BCUT2D eigenvalue weighted by Gasteiger charge is 2.05. The Balaban J connectivity index is 1.71. The fourth-order valence-electron chi connectivity index (χ4n) is 2.05. The van der Waals surface area contributed by atoms with E-state index in [4.69, 9.17) is 9.47 Å². The number of carbonyl (C=O) groups excluding carboxylic acids is 2. The van der Waals surface area contributed by atoms with Crippen molar-refractivity contribution in [1.29, 1.82) is 0 Å². The minimum atomic E-state index is -0.339. The molecule has 0 atom stereocenters. The number of nitrogens with one attached hydrogen (secondary N) is 2. The number of ether oxygens (including phenoxy) is 2. The number of amides is 2. The summed E-state index contributed by atoms with van der Waals surface area (Å²) in [7, 11) is 0. The van der Waals surface area contributed by atoms with Gasteiger partial charge in [-0.2, -0.15) is 0 Å². The largest absolute Gasteiger partial charge is 0.493 e. The highest BCUT2D eigenvalue weighted by molar-refractivity contribution is 5.90. The lowest BCUT2D eigenvalue weighted by molar-refractivity contribution is -0.123. The summed E-state index contributed by atoms with van der Waals surface area (Å²) in [6, 6.07) is 12.3. The van der Waals surface area contributed by atoms with Crippen LogP contribution in [0, 0.1) is 5.82 Å². The molecule has 0 fully saturated rings. The van der Waals surface area contributed by atoms with E-state index in [2.05, 4.69) is 10.6 Å². The molecule has 0 saturated heterocycles. The molecule has 0 spiro atoms. The van der Waals surface area contributed by atoms with Crippen molar-refractivity contribution in [3.8, 4) is 11.5 Å². The van der Waals surface area contributed by atoms with Crippen LogP contribution in [0.5, 0.6) is 11.5 Å². The molecule has 6 nitrogen and oxygen atoms in total. The molecule has 0 aliphatic carbocycles. The quantitative estimate of drug-likeness (QED) is 0.721. The van der Waals surface area contributed by atoms with Crippen molar-refractivity contribution >= 4 is 17.5 Å². The zero-order valence-corrected chi connectivity index (χ0v) is 14.5. The molecule has 0 bridgehead atoms. The Morgan fingerprint density at radius 3 is 2.19 bits per heavy atom. The third-order valence-electron chi connectivity index (χ3n) is 3.29. The summed E-state index contributed by atoms with van der Waals surface area (Å²) in [5, 5.41) is 5.37. The summed E-state index contributed by atoms with van der Waals surface area (Å²) in [5.74, 6) is 0.310. The van der Waals surface area contributed by atoms with Crippen LogP contribution < -0.4 is 20.1 Å². The maximum Gasteiger partial charge on any atom is 0.257 e. The van der Waals surface area contributed by atoms with E-state index < -0.39 is 0 Å². The second-order valence-electron chi connectivity index (χ2n) is 5.37. The van der Waals surface area contributed by atoms with Gasteiger partial charge in [0.05, 0.1) is 13.0 Å². The van der Waals surface area contributed by atoms with Gasteiger partial charge in [-0.1, -0.05) is 0 Å². The predicted octanol–water partition coefficient (Wildman–Crippen LogP) is 2.75. The van der Waals surface area contributed by atoms with Gasteiger partial charge < -0.3 is 20.1 Å². The fourth-order valence-corrected chi connectivity index (χ4v) is 2.05. The number of carbonyl (C=O) groups is 2. The number of likely N-dealkylation sites (N-methyl/N-ethyl adjacent to an activating group) is 1. The van der Waals surface area contributed by atoms with Crippen molar-refractivity contribution in [2.24, 2.45) is 0 Å². The minimum Gasteiger partial charge on any atom is -0.493 e. The minimum absolute atomic E-state index is 0.0553. The maximum absolute atomic E-state index is 12.8. The van der Waals surface area contributed by atoms with Gasteiger partial charge in [-0.05, 0) is 55.5 Å². The highest BCUT2D eigenvalue weighted by atomic mass is 19.1. The lowest BCUT2D eigenvalue weighted by Gasteiger charge is -2.09. The van der Waals surface area contributed by atoms with E-state index in [0.29, 0.717) is 23.7 Å². The average molecular weight is 360 g/mol. The summed E-state index contributed by atoms with van der Waals surface area (Å²) in [6.07, 6.45) is 0.160. The molecular weight excluding hydrogens is 339 g/mol. The van der Waals surface area contributed by atoms with Gasteiger partial charge in [-0.25, -0.2) is 4.39 Å². The van der Waals surface area contributed by atoms with Crippen LogP contribution in [0.2, 0.25) is 0 Å². The molecular formula is C19H21FN2O4. The summed E-state index contributed by atoms with van der Waals surface area (Å²) in [5.41, 5.74) is 0.613.